The summed E-state index contributed by atoms with van der Waals surface area (Å²) in [5.74, 6) is 0.267. The summed E-state index contributed by atoms with van der Waals surface area (Å²) in [7, 11) is -3.55. The lowest BCUT2D eigenvalue weighted by Crippen LogP contribution is -2.50. The summed E-state index contributed by atoms with van der Waals surface area (Å²) in [5, 5.41) is 2.87. The summed E-state index contributed by atoms with van der Waals surface area (Å²) < 4.78 is 31.6. The van der Waals surface area contributed by atoms with Gasteiger partial charge in [-0.2, -0.15) is 0 Å². The molecule has 2 aromatic rings. The summed E-state index contributed by atoms with van der Waals surface area (Å²) in [6, 6.07) is 16.0. The largest absolute Gasteiger partial charge is 0.494 e. The second-order valence-electron chi connectivity index (χ2n) is 9.03. The molecule has 0 aliphatic rings. The first kappa shape index (κ1) is 29.2. The van der Waals surface area contributed by atoms with Crippen LogP contribution in [0.3, 0.4) is 0 Å². The molecule has 2 amide bonds. The van der Waals surface area contributed by atoms with Gasteiger partial charge in [-0.05, 0) is 70.4 Å². The molecule has 0 aliphatic heterocycles. The summed E-state index contributed by atoms with van der Waals surface area (Å²) in [4.78, 5) is 27.5. The van der Waals surface area contributed by atoms with Crippen molar-refractivity contribution in [1.82, 2.24) is 10.2 Å². The van der Waals surface area contributed by atoms with Crippen LogP contribution >= 0.6 is 0 Å². The molecule has 198 valence electrons. The van der Waals surface area contributed by atoms with Crippen molar-refractivity contribution in [2.75, 3.05) is 30.3 Å². The van der Waals surface area contributed by atoms with Crippen LogP contribution in [0.5, 0.6) is 5.75 Å². The first-order valence-electron chi connectivity index (χ1n) is 12.4. The van der Waals surface area contributed by atoms with Gasteiger partial charge in [-0.1, -0.05) is 30.3 Å². The first-order valence-corrected chi connectivity index (χ1v) is 14.2. The van der Waals surface area contributed by atoms with Gasteiger partial charge in [0.1, 0.15) is 11.8 Å². The lowest BCUT2D eigenvalue weighted by molar-refractivity contribution is -0.140. The molecule has 0 aromatic heterocycles. The van der Waals surface area contributed by atoms with Crippen molar-refractivity contribution in [3.05, 3.63) is 60.2 Å². The standard InChI is InChI=1S/C27H39N3O5S/c1-6-35-25-16-14-24(15-17-25)30(36(5,33)34)19-10-13-26(31)29(22(4)27(32)28-21(2)3)20-18-23-11-8-7-9-12-23/h7-9,11-12,14-17,21-22H,6,10,13,18-20H2,1-5H3,(H,28,32)/t22-/m1/s1. The van der Waals surface area contributed by atoms with Gasteiger partial charge in [0, 0.05) is 25.6 Å². The van der Waals surface area contributed by atoms with Crippen LogP contribution in [0.15, 0.2) is 54.6 Å². The lowest BCUT2D eigenvalue weighted by atomic mass is 10.1. The summed E-state index contributed by atoms with van der Waals surface area (Å²) >= 11 is 0. The molecule has 0 fully saturated rings. The average Bonchev–Trinajstić information content (AvgIpc) is 2.82. The normalized spacial score (nSPS) is 12.2. The van der Waals surface area contributed by atoms with Gasteiger partial charge in [0.05, 0.1) is 18.6 Å². The first-order chi connectivity index (χ1) is 17.0. The minimum absolute atomic E-state index is 0.0385. The molecule has 1 N–H and O–H groups in total. The lowest BCUT2D eigenvalue weighted by Gasteiger charge is -2.30. The van der Waals surface area contributed by atoms with Gasteiger partial charge >= 0.3 is 0 Å². The van der Waals surface area contributed by atoms with Crippen LogP contribution in [0.4, 0.5) is 5.69 Å². The smallest absolute Gasteiger partial charge is 0.242 e. The number of hydrogen-bond acceptors (Lipinski definition) is 5. The molecular weight excluding hydrogens is 478 g/mol. The predicted octanol–water partition coefficient (Wildman–Crippen LogP) is 3.62. The number of benzene rings is 2. The zero-order chi connectivity index (χ0) is 26.7. The van der Waals surface area contributed by atoms with Gasteiger partial charge in [-0.25, -0.2) is 8.42 Å². The number of carbonyl (C=O) groups excluding carboxylic acids is 2. The second-order valence-corrected chi connectivity index (χ2v) is 10.9. The van der Waals surface area contributed by atoms with Crippen LogP contribution in [0.1, 0.15) is 46.1 Å². The highest BCUT2D eigenvalue weighted by molar-refractivity contribution is 7.92. The predicted molar refractivity (Wildman–Crippen MR) is 144 cm³/mol. The highest BCUT2D eigenvalue weighted by Crippen LogP contribution is 2.22. The molecule has 0 saturated carbocycles. The maximum absolute atomic E-state index is 13.2. The molecule has 0 unspecified atom stereocenters. The highest BCUT2D eigenvalue weighted by Gasteiger charge is 2.26. The molecule has 8 nitrogen and oxygen atoms in total. The maximum Gasteiger partial charge on any atom is 0.242 e. The molecule has 0 radical (unpaired) electrons. The topological polar surface area (TPSA) is 96.0 Å². The Kier molecular flexibility index (Phi) is 11.2. The number of rotatable bonds is 14. The van der Waals surface area contributed by atoms with Crippen molar-refractivity contribution in [1.29, 1.82) is 0 Å². The quantitative estimate of drug-likeness (QED) is 0.413. The van der Waals surface area contributed by atoms with Crippen LogP contribution in [-0.2, 0) is 26.0 Å². The number of carbonyl (C=O) groups is 2. The van der Waals surface area contributed by atoms with Crippen molar-refractivity contribution in [3.63, 3.8) is 0 Å². The number of sulfonamides is 1. The third-order valence-electron chi connectivity index (χ3n) is 5.67. The monoisotopic (exact) mass is 517 g/mol. The van der Waals surface area contributed by atoms with E-state index in [1.165, 1.54) is 4.31 Å². The number of amides is 2. The van der Waals surface area contributed by atoms with E-state index in [-0.39, 0.29) is 30.8 Å². The molecule has 1 atom stereocenters. The van der Waals surface area contributed by atoms with Crippen LogP contribution in [0.25, 0.3) is 0 Å². The molecule has 0 spiro atoms. The minimum Gasteiger partial charge on any atom is -0.494 e. The van der Waals surface area contributed by atoms with Crippen molar-refractivity contribution in [3.8, 4) is 5.75 Å². The number of hydrogen-bond donors (Lipinski definition) is 1. The Balaban J connectivity index is 2.09. The average molecular weight is 518 g/mol. The number of ether oxygens (including phenoxy) is 1. The molecule has 9 heteroatoms. The Labute approximate surface area is 215 Å². The van der Waals surface area contributed by atoms with Gasteiger partial charge in [0.25, 0.3) is 0 Å². The molecule has 0 saturated heterocycles. The van der Waals surface area contributed by atoms with E-state index in [1.54, 1.807) is 36.1 Å². The van der Waals surface area contributed by atoms with Crippen molar-refractivity contribution >= 4 is 27.5 Å². The van der Waals surface area contributed by atoms with E-state index in [0.29, 0.717) is 37.4 Å². The Morgan fingerprint density at radius 3 is 2.17 bits per heavy atom. The van der Waals surface area contributed by atoms with Crippen LogP contribution in [0, 0.1) is 0 Å². The van der Waals surface area contributed by atoms with Gasteiger partial charge in [-0.15, -0.1) is 0 Å². The van der Waals surface area contributed by atoms with Gasteiger partial charge in [-0.3, -0.25) is 13.9 Å². The zero-order valence-electron chi connectivity index (χ0n) is 21.9. The maximum atomic E-state index is 13.2. The van der Waals surface area contributed by atoms with E-state index < -0.39 is 16.1 Å². The molecule has 2 rings (SSSR count). The number of anilines is 1. The van der Waals surface area contributed by atoms with E-state index in [9.17, 15) is 18.0 Å². The highest BCUT2D eigenvalue weighted by atomic mass is 32.2. The zero-order valence-corrected chi connectivity index (χ0v) is 22.8. The van der Waals surface area contributed by atoms with Crippen LogP contribution in [0.2, 0.25) is 0 Å². The van der Waals surface area contributed by atoms with E-state index in [4.69, 9.17) is 4.74 Å². The fraction of sp³-hybridized carbons (Fsp3) is 0.481. The summed E-state index contributed by atoms with van der Waals surface area (Å²) in [6.07, 6.45) is 2.21. The van der Waals surface area contributed by atoms with Gasteiger partial charge in [0.15, 0.2) is 0 Å². The van der Waals surface area contributed by atoms with E-state index in [2.05, 4.69) is 5.32 Å². The third kappa shape index (κ3) is 9.18. The Morgan fingerprint density at radius 1 is 0.972 bits per heavy atom. The second kappa shape index (κ2) is 13.9. The molecule has 0 aliphatic carbocycles. The van der Waals surface area contributed by atoms with Crippen molar-refractivity contribution < 1.29 is 22.7 Å². The van der Waals surface area contributed by atoms with E-state index in [0.717, 1.165) is 11.8 Å². The molecular formula is C27H39N3O5S. The fourth-order valence-corrected chi connectivity index (χ4v) is 4.82. The molecule has 0 bridgehead atoms. The molecule has 2 aromatic carbocycles. The van der Waals surface area contributed by atoms with Crippen molar-refractivity contribution in [2.45, 2.75) is 59.0 Å². The summed E-state index contributed by atoms with van der Waals surface area (Å²) in [5.41, 5.74) is 1.59. The Morgan fingerprint density at radius 2 is 1.61 bits per heavy atom. The number of nitrogens with one attached hydrogen (secondary N) is 1. The van der Waals surface area contributed by atoms with Crippen LogP contribution < -0.4 is 14.4 Å². The van der Waals surface area contributed by atoms with Gasteiger partial charge < -0.3 is 15.0 Å². The Bertz CT molecular complexity index is 1070. The van der Waals surface area contributed by atoms with Crippen molar-refractivity contribution in [2.24, 2.45) is 0 Å². The van der Waals surface area contributed by atoms with E-state index >= 15 is 0 Å². The minimum atomic E-state index is -3.55. The summed E-state index contributed by atoms with van der Waals surface area (Å²) in [6.45, 7) is 8.42. The molecule has 36 heavy (non-hydrogen) atoms. The van der Waals surface area contributed by atoms with E-state index in [1.807, 2.05) is 51.1 Å². The fourth-order valence-electron chi connectivity index (χ4n) is 3.85. The van der Waals surface area contributed by atoms with Gasteiger partial charge in [0.2, 0.25) is 21.8 Å². The van der Waals surface area contributed by atoms with Crippen LogP contribution in [-0.4, -0.2) is 63.2 Å². The molecule has 0 heterocycles. The third-order valence-corrected chi connectivity index (χ3v) is 6.86. The SMILES string of the molecule is CCOc1ccc(N(CCCC(=O)N(CCc2ccccc2)[C@H](C)C(=O)NC(C)C)S(C)(=O)=O)cc1. The number of nitrogens with zero attached hydrogens (tertiary/aromatic N) is 2. The Hall–Kier alpha value is -3.07.